The van der Waals surface area contributed by atoms with Gasteiger partial charge < -0.3 is 10.6 Å². The molecule has 128 valence electrons. The SMILES string of the molecule is c1cc2c3c(cccc3c1)NC(CC1=Nc3cccc4cccc(c34)N1)=N2. The molecule has 27 heavy (non-hydrogen) atoms. The monoisotopic (exact) mass is 348 g/mol. The lowest BCUT2D eigenvalue weighted by atomic mass is 10.0. The largest absolute Gasteiger partial charge is 0.343 e. The van der Waals surface area contributed by atoms with Crippen LogP contribution in [-0.2, 0) is 0 Å². The maximum atomic E-state index is 4.85. The molecule has 0 saturated heterocycles. The zero-order valence-corrected chi connectivity index (χ0v) is 14.5. The minimum absolute atomic E-state index is 0.620. The number of anilines is 2. The second-order valence-electron chi connectivity index (χ2n) is 6.91. The summed E-state index contributed by atoms with van der Waals surface area (Å²) in [6.45, 7) is 0. The summed E-state index contributed by atoms with van der Waals surface area (Å²) in [4.78, 5) is 9.69. The van der Waals surface area contributed by atoms with Crippen molar-refractivity contribution in [3.8, 4) is 0 Å². The molecule has 6 rings (SSSR count). The summed E-state index contributed by atoms with van der Waals surface area (Å²) < 4.78 is 0. The Bertz CT molecular complexity index is 1190. The van der Waals surface area contributed by atoms with Gasteiger partial charge in [0.25, 0.3) is 0 Å². The Hall–Kier alpha value is -3.66. The third-order valence-corrected chi connectivity index (χ3v) is 5.17. The molecule has 0 aliphatic carbocycles. The van der Waals surface area contributed by atoms with Crippen LogP contribution >= 0.6 is 0 Å². The van der Waals surface area contributed by atoms with E-state index < -0.39 is 0 Å². The first-order valence-corrected chi connectivity index (χ1v) is 9.08. The van der Waals surface area contributed by atoms with Gasteiger partial charge in [0.05, 0.1) is 17.8 Å². The molecule has 0 atom stereocenters. The Morgan fingerprint density at radius 1 is 0.556 bits per heavy atom. The average molecular weight is 348 g/mol. The zero-order chi connectivity index (χ0) is 17.8. The van der Waals surface area contributed by atoms with Gasteiger partial charge in [-0.3, -0.25) is 0 Å². The Labute approximate surface area is 156 Å². The van der Waals surface area contributed by atoms with Crippen molar-refractivity contribution >= 4 is 56.0 Å². The zero-order valence-electron chi connectivity index (χ0n) is 14.5. The van der Waals surface area contributed by atoms with Gasteiger partial charge in [0.15, 0.2) is 0 Å². The molecule has 2 aliphatic heterocycles. The van der Waals surface area contributed by atoms with E-state index >= 15 is 0 Å². The molecule has 0 aromatic heterocycles. The van der Waals surface area contributed by atoms with Crippen molar-refractivity contribution in [2.45, 2.75) is 6.42 Å². The molecule has 0 radical (unpaired) electrons. The molecule has 4 heteroatoms. The van der Waals surface area contributed by atoms with E-state index in [0.29, 0.717) is 6.42 Å². The van der Waals surface area contributed by atoms with Crippen LogP contribution in [0.2, 0.25) is 0 Å². The van der Waals surface area contributed by atoms with E-state index in [1.54, 1.807) is 0 Å². The summed E-state index contributed by atoms with van der Waals surface area (Å²) in [5.74, 6) is 1.80. The second-order valence-corrected chi connectivity index (χ2v) is 6.91. The Morgan fingerprint density at radius 3 is 1.48 bits per heavy atom. The minimum Gasteiger partial charge on any atom is -0.343 e. The predicted octanol–water partition coefficient (Wildman–Crippen LogP) is 5.99. The molecule has 0 unspecified atom stereocenters. The number of hydrogen-bond donors (Lipinski definition) is 2. The molecule has 4 aromatic rings. The van der Waals surface area contributed by atoms with Crippen molar-refractivity contribution in [2.75, 3.05) is 10.6 Å². The van der Waals surface area contributed by atoms with Crippen LogP contribution in [0.5, 0.6) is 0 Å². The fourth-order valence-corrected chi connectivity index (χ4v) is 4.02. The van der Waals surface area contributed by atoms with Gasteiger partial charge in [-0.1, -0.05) is 48.5 Å². The van der Waals surface area contributed by atoms with Gasteiger partial charge in [-0.05, 0) is 35.0 Å². The second kappa shape index (κ2) is 5.42. The number of rotatable bonds is 2. The lowest BCUT2D eigenvalue weighted by Gasteiger charge is -2.22. The van der Waals surface area contributed by atoms with Gasteiger partial charge in [0.2, 0.25) is 0 Å². The third-order valence-electron chi connectivity index (χ3n) is 5.17. The standard InChI is InChI=1S/C23H16N4/c1-5-14-6-2-10-17-22(14)16(9-1)24-20(25-17)13-21-26-18-11-3-7-15-8-4-12-19(27-21)23(15)18/h1-12H,13H2,(H,24,25)(H,26,27). The molecule has 0 bridgehead atoms. The molecule has 2 N–H and O–H groups in total. The summed E-state index contributed by atoms with van der Waals surface area (Å²) in [6, 6.07) is 25.1. The van der Waals surface area contributed by atoms with Crippen LogP contribution in [0.4, 0.5) is 22.7 Å². The van der Waals surface area contributed by atoms with Crippen LogP contribution in [0.15, 0.2) is 82.8 Å². The van der Waals surface area contributed by atoms with Crippen molar-refractivity contribution in [2.24, 2.45) is 9.98 Å². The first kappa shape index (κ1) is 14.5. The lowest BCUT2D eigenvalue weighted by Crippen LogP contribution is -2.24. The van der Waals surface area contributed by atoms with Crippen molar-refractivity contribution in [3.05, 3.63) is 72.8 Å². The van der Waals surface area contributed by atoms with Gasteiger partial charge >= 0.3 is 0 Å². The van der Waals surface area contributed by atoms with Crippen LogP contribution < -0.4 is 10.6 Å². The van der Waals surface area contributed by atoms with Crippen LogP contribution in [0, 0.1) is 0 Å². The smallest absolute Gasteiger partial charge is 0.114 e. The molecular formula is C23H16N4. The number of benzene rings is 4. The predicted molar refractivity (Wildman–Crippen MR) is 114 cm³/mol. The first-order valence-electron chi connectivity index (χ1n) is 9.08. The Kier molecular flexibility index (Phi) is 2.91. The van der Waals surface area contributed by atoms with Gasteiger partial charge in [0, 0.05) is 22.1 Å². The quantitative estimate of drug-likeness (QED) is 0.467. The summed E-state index contributed by atoms with van der Waals surface area (Å²) in [6.07, 6.45) is 0.620. The van der Waals surface area contributed by atoms with Gasteiger partial charge in [0.1, 0.15) is 11.7 Å². The molecule has 0 saturated carbocycles. The van der Waals surface area contributed by atoms with Crippen molar-refractivity contribution in [1.82, 2.24) is 0 Å². The Balaban J connectivity index is 1.41. The van der Waals surface area contributed by atoms with Crippen LogP contribution in [0.25, 0.3) is 21.5 Å². The van der Waals surface area contributed by atoms with Crippen molar-refractivity contribution in [1.29, 1.82) is 0 Å². The number of amidine groups is 2. The summed E-state index contributed by atoms with van der Waals surface area (Å²) in [5, 5.41) is 11.7. The number of nitrogens with zero attached hydrogens (tertiary/aromatic N) is 2. The molecule has 0 spiro atoms. The normalized spacial score (nSPS) is 14.4. The molecule has 0 amide bonds. The van der Waals surface area contributed by atoms with Crippen LogP contribution in [-0.4, -0.2) is 11.7 Å². The first-order chi connectivity index (χ1) is 13.3. The average Bonchev–Trinajstić information content (AvgIpc) is 2.69. The number of aliphatic imine (C=N–C) groups is 2. The number of nitrogens with one attached hydrogen (secondary N) is 2. The van der Waals surface area contributed by atoms with Crippen LogP contribution in [0.3, 0.4) is 0 Å². The van der Waals surface area contributed by atoms with Crippen LogP contribution in [0.1, 0.15) is 6.42 Å². The van der Waals surface area contributed by atoms with E-state index in [4.69, 9.17) is 9.98 Å². The highest BCUT2D eigenvalue weighted by molar-refractivity contribution is 6.22. The molecule has 2 heterocycles. The van der Waals surface area contributed by atoms with Crippen molar-refractivity contribution in [3.63, 3.8) is 0 Å². The molecule has 0 fully saturated rings. The summed E-state index contributed by atoms with van der Waals surface area (Å²) in [7, 11) is 0. The van der Waals surface area contributed by atoms with Gasteiger partial charge in [-0.25, -0.2) is 9.98 Å². The minimum atomic E-state index is 0.620. The van der Waals surface area contributed by atoms with E-state index in [0.717, 1.165) is 34.4 Å². The fourth-order valence-electron chi connectivity index (χ4n) is 4.02. The molecule has 2 aliphatic rings. The Morgan fingerprint density at radius 2 is 1.00 bits per heavy atom. The van der Waals surface area contributed by atoms with E-state index in [1.165, 1.54) is 21.5 Å². The molecule has 4 nitrogen and oxygen atoms in total. The topological polar surface area (TPSA) is 48.8 Å². The number of hydrogen-bond acceptors (Lipinski definition) is 4. The fraction of sp³-hybridized carbons (Fsp3) is 0.0435. The van der Waals surface area contributed by atoms with E-state index in [9.17, 15) is 0 Å². The van der Waals surface area contributed by atoms with E-state index in [2.05, 4.69) is 83.4 Å². The lowest BCUT2D eigenvalue weighted by molar-refractivity contribution is 1.36. The molecule has 4 aromatic carbocycles. The van der Waals surface area contributed by atoms with E-state index in [1.807, 2.05) is 0 Å². The van der Waals surface area contributed by atoms with Crippen molar-refractivity contribution < 1.29 is 0 Å². The highest BCUT2D eigenvalue weighted by atomic mass is 15.1. The van der Waals surface area contributed by atoms with Gasteiger partial charge in [-0.2, -0.15) is 0 Å². The third kappa shape index (κ3) is 2.23. The summed E-state index contributed by atoms with van der Waals surface area (Å²) >= 11 is 0. The summed E-state index contributed by atoms with van der Waals surface area (Å²) in [5.41, 5.74) is 4.23. The maximum Gasteiger partial charge on any atom is 0.114 e. The highest BCUT2D eigenvalue weighted by Crippen LogP contribution is 2.38. The maximum absolute atomic E-state index is 4.85. The highest BCUT2D eigenvalue weighted by Gasteiger charge is 2.19. The molecular weight excluding hydrogens is 332 g/mol. The van der Waals surface area contributed by atoms with Gasteiger partial charge in [-0.15, -0.1) is 0 Å². The van der Waals surface area contributed by atoms with E-state index in [-0.39, 0.29) is 0 Å².